The molecule has 2 aromatic heterocycles. The molecule has 0 aromatic carbocycles. The number of aromatic nitrogens is 2. The van der Waals surface area contributed by atoms with Crippen LogP contribution in [0.5, 0.6) is 5.75 Å². The van der Waals surface area contributed by atoms with E-state index in [1.165, 1.54) is 0 Å². The second-order valence-electron chi connectivity index (χ2n) is 4.03. The normalized spacial score (nSPS) is 10.4. The van der Waals surface area contributed by atoms with E-state index in [1.807, 2.05) is 18.2 Å². The van der Waals surface area contributed by atoms with Crippen molar-refractivity contribution in [1.29, 1.82) is 0 Å². The van der Waals surface area contributed by atoms with Crippen molar-refractivity contribution in [2.24, 2.45) is 0 Å². The molecule has 0 aliphatic heterocycles. The van der Waals surface area contributed by atoms with Gasteiger partial charge in [-0.05, 0) is 18.7 Å². The summed E-state index contributed by atoms with van der Waals surface area (Å²) < 4.78 is 5.60. The van der Waals surface area contributed by atoms with Gasteiger partial charge in [-0.25, -0.2) is 0 Å². The number of pyridine rings is 2. The Morgan fingerprint density at radius 2 is 2.11 bits per heavy atom. The maximum absolute atomic E-state index is 5.84. The first-order valence-electron chi connectivity index (χ1n) is 6.17. The van der Waals surface area contributed by atoms with Gasteiger partial charge in [0, 0.05) is 18.8 Å². The molecule has 0 amide bonds. The Morgan fingerprint density at radius 3 is 2.89 bits per heavy atom. The Labute approximate surface area is 117 Å². The minimum atomic E-state index is 0.405. The molecule has 0 fully saturated rings. The minimum Gasteiger partial charge on any atom is -0.486 e. The number of halogens is 1. The van der Waals surface area contributed by atoms with Crippen LogP contribution in [0.15, 0.2) is 36.7 Å². The van der Waals surface area contributed by atoms with Gasteiger partial charge >= 0.3 is 0 Å². The van der Waals surface area contributed by atoms with Crippen LogP contribution in [0.1, 0.15) is 18.3 Å². The summed E-state index contributed by atoms with van der Waals surface area (Å²) in [5.41, 5.74) is 1.89. The molecule has 0 saturated heterocycles. The summed E-state index contributed by atoms with van der Waals surface area (Å²) in [5.74, 6) is 0.645. The van der Waals surface area contributed by atoms with Crippen molar-refractivity contribution in [3.05, 3.63) is 53.1 Å². The maximum atomic E-state index is 5.84. The molecule has 0 atom stereocenters. The molecule has 0 aliphatic rings. The van der Waals surface area contributed by atoms with Crippen molar-refractivity contribution in [1.82, 2.24) is 15.3 Å². The number of rotatable bonds is 6. The smallest absolute Gasteiger partial charge is 0.139 e. The summed E-state index contributed by atoms with van der Waals surface area (Å²) in [5, 5.41) is 3.80. The standard InChI is InChI=1S/C14H16ClN3O/c1-2-16-8-12-4-3-5-13(18-12)10-19-14-6-11(15)7-17-9-14/h3-7,9,16H,2,8,10H2,1H3. The van der Waals surface area contributed by atoms with Gasteiger partial charge in [-0.1, -0.05) is 24.6 Å². The molecule has 2 aromatic rings. The van der Waals surface area contributed by atoms with E-state index >= 15 is 0 Å². The molecule has 5 heteroatoms. The highest BCUT2D eigenvalue weighted by molar-refractivity contribution is 6.30. The molecule has 0 unspecified atom stereocenters. The molecular weight excluding hydrogens is 262 g/mol. The van der Waals surface area contributed by atoms with Crippen molar-refractivity contribution in [3.63, 3.8) is 0 Å². The summed E-state index contributed by atoms with van der Waals surface area (Å²) in [6, 6.07) is 7.64. The fourth-order valence-electron chi connectivity index (χ4n) is 1.59. The number of hydrogen-bond acceptors (Lipinski definition) is 4. The van der Waals surface area contributed by atoms with E-state index < -0.39 is 0 Å². The Balaban J connectivity index is 1.95. The second kappa shape index (κ2) is 7.07. The molecule has 2 rings (SSSR count). The minimum absolute atomic E-state index is 0.405. The van der Waals surface area contributed by atoms with Gasteiger partial charge in [0.25, 0.3) is 0 Å². The maximum Gasteiger partial charge on any atom is 0.139 e. The number of nitrogens with one attached hydrogen (secondary N) is 1. The predicted octanol–water partition coefficient (Wildman–Crippen LogP) is 2.82. The third-order valence-electron chi connectivity index (χ3n) is 2.49. The summed E-state index contributed by atoms with van der Waals surface area (Å²) in [6.45, 7) is 4.17. The largest absolute Gasteiger partial charge is 0.486 e. The molecular formula is C14H16ClN3O. The van der Waals surface area contributed by atoms with E-state index in [2.05, 4.69) is 22.2 Å². The highest BCUT2D eigenvalue weighted by Crippen LogP contribution is 2.16. The summed E-state index contributed by atoms with van der Waals surface area (Å²) in [7, 11) is 0. The molecule has 0 bridgehead atoms. The number of ether oxygens (including phenoxy) is 1. The highest BCUT2D eigenvalue weighted by Gasteiger charge is 2.00. The van der Waals surface area contributed by atoms with E-state index in [0.717, 1.165) is 24.5 Å². The lowest BCUT2D eigenvalue weighted by Gasteiger charge is -2.07. The van der Waals surface area contributed by atoms with E-state index in [1.54, 1.807) is 18.5 Å². The summed E-state index contributed by atoms with van der Waals surface area (Å²) in [6.07, 6.45) is 3.21. The van der Waals surface area contributed by atoms with Gasteiger partial charge in [-0.3, -0.25) is 9.97 Å². The molecule has 100 valence electrons. The van der Waals surface area contributed by atoms with E-state index in [0.29, 0.717) is 17.4 Å². The van der Waals surface area contributed by atoms with Gasteiger partial charge in [-0.15, -0.1) is 0 Å². The van der Waals surface area contributed by atoms with Crippen molar-refractivity contribution in [3.8, 4) is 5.75 Å². The zero-order chi connectivity index (χ0) is 13.5. The fraction of sp³-hybridized carbons (Fsp3) is 0.286. The third kappa shape index (κ3) is 4.50. The van der Waals surface area contributed by atoms with Crippen LogP contribution < -0.4 is 10.1 Å². The van der Waals surface area contributed by atoms with Gasteiger partial charge in [0.05, 0.1) is 22.6 Å². The zero-order valence-electron chi connectivity index (χ0n) is 10.8. The molecule has 19 heavy (non-hydrogen) atoms. The quantitative estimate of drug-likeness (QED) is 0.882. The predicted molar refractivity (Wildman–Crippen MR) is 75.2 cm³/mol. The Hall–Kier alpha value is -1.65. The van der Waals surface area contributed by atoms with E-state index in [9.17, 15) is 0 Å². The lowest BCUT2D eigenvalue weighted by Crippen LogP contribution is -2.13. The topological polar surface area (TPSA) is 47.0 Å². The van der Waals surface area contributed by atoms with E-state index in [-0.39, 0.29) is 0 Å². The lowest BCUT2D eigenvalue weighted by molar-refractivity contribution is 0.299. The van der Waals surface area contributed by atoms with Crippen LogP contribution in [0.25, 0.3) is 0 Å². The van der Waals surface area contributed by atoms with Crippen LogP contribution in [0.3, 0.4) is 0 Å². The van der Waals surface area contributed by atoms with Gasteiger partial charge in [-0.2, -0.15) is 0 Å². The molecule has 2 heterocycles. The first kappa shape index (κ1) is 13.8. The van der Waals surface area contributed by atoms with Gasteiger partial charge in [0.2, 0.25) is 0 Å². The summed E-state index contributed by atoms with van der Waals surface area (Å²) >= 11 is 5.84. The zero-order valence-corrected chi connectivity index (χ0v) is 11.5. The first-order valence-corrected chi connectivity index (χ1v) is 6.54. The van der Waals surface area contributed by atoms with Crippen LogP contribution in [0.2, 0.25) is 5.02 Å². The Morgan fingerprint density at radius 1 is 1.26 bits per heavy atom. The average molecular weight is 278 g/mol. The Kier molecular flexibility index (Phi) is 5.12. The molecule has 0 saturated carbocycles. The van der Waals surface area contributed by atoms with Gasteiger partial charge in [0.1, 0.15) is 12.4 Å². The summed E-state index contributed by atoms with van der Waals surface area (Å²) in [4.78, 5) is 8.47. The first-order chi connectivity index (χ1) is 9.28. The number of nitrogens with zero attached hydrogens (tertiary/aromatic N) is 2. The number of hydrogen-bond donors (Lipinski definition) is 1. The van der Waals surface area contributed by atoms with Crippen molar-refractivity contribution < 1.29 is 4.74 Å². The third-order valence-corrected chi connectivity index (χ3v) is 2.69. The Bertz CT molecular complexity index is 534. The SMILES string of the molecule is CCNCc1cccc(COc2cncc(Cl)c2)n1. The van der Waals surface area contributed by atoms with Crippen LogP contribution in [0, 0.1) is 0 Å². The molecule has 0 spiro atoms. The average Bonchev–Trinajstić information content (AvgIpc) is 2.43. The lowest BCUT2D eigenvalue weighted by atomic mass is 10.3. The van der Waals surface area contributed by atoms with Crippen molar-refractivity contribution >= 4 is 11.6 Å². The monoisotopic (exact) mass is 277 g/mol. The van der Waals surface area contributed by atoms with Crippen LogP contribution >= 0.6 is 11.6 Å². The molecule has 1 N–H and O–H groups in total. The van der Waals surface area contributed by atoms with Gasteiger partial charge in [0.15, 0.2) is 0 Å². The van der Waals surface area contributed by atoms with Crippen LogP contribution in [-0.2, 0) is 13.2 Å². The van der Waals surface area contributed by atoms with E-state index in [4.69, 9.17) is 16.3 Å². The van der Waals surface area contributed by atoms with Crippen LogP contribution in [0.4, 0.5) is 0 Å². The highest BCUT2D eigenvalue weighted by atomic mass is 35.5. The molecule has 0 radical (unpaired) electrons. The molecule has 4 nitrogen and oxygen atoms in total. The fourth-order valence-corrected chi connectivity index (χ4v) is 1.75. The van der Waals surface area contributed by atoms with Gasteiger partial charge < -0.3 is 10.1 Å². The van der Waals surface area contributed by atoms with Crippen LogP contribution in [-0.4, -0.2) is 16.5 Å². The second-order valence-corrected chi connectivity index (χ2v) is 4.46. The molecule has 0 aliphatic carbocycles. The van der Waals surface area contributed by atoms with Crippen molar-refractivity contribution in [2.75, 3.05) is 6.54 Å². The van der Waals surface area contributed by atoms with Crippen molar-refractivity contribution in [2.45, 2.75) is 20.1 Å².